The highest BCUT2D eigenvalue weighted by molar-refractivity contribution is 5.91. The van der Waals surface area contributed by atoms with Crippen LogP contribution in [0.4, 0.5) is 5.69 Å². The molecular weight excluding hydrogens is 218 g/mol. The van der Waals surface area contributed by atoms with Gasteiger partial charge in [0, 0.05) is 12.3 Å². The normalized spacial score (nSPS) is 19.9. The van der Waals surface area contributed by atoms with E-state index in [1.165, 1.54) is 0 Å². The molecule has 1 heterocycles. The van der Waals surface area contributed by atoms with Crippen molar-refractivity contribution in [3.05, 3.63) is 29.3 Å². The summed E-state index contributed by atoms with van der Waals surface area (Å²) in [6.45, 7) is 3.11. The van der Waals surface area contributed by atoms with Crippen LogP contribution in [0.2, 0.25) is 0 Å². The highest BCUT2D eigenvalue weighted by atomic mass is 16.6. The number of carbonyl (C=O) groups excluding carboxylic acids is 1. The Hall–Kier alpha value is -1.55. The molecule has 0 saturated carbocycles. The Bertz CT molecular complexity index is 411. The maximum absolute atomic E-state index is 11.9. The second-order valence-electron chi connectivity index (χ2n) is 4.32. The van der Waals surface area contributed by atoms with Crippen LogP contribution in [0.1, 0.15) is 28.8 Å². The van der Waals surface area contributed by atoms with Crippen LogP contribution in [-0.4, -0.2) is 25.3 Å². The predicted octanol–water partition coefficient (Wildman–Crippen LogP) is 1.91. The second kappa shape index (κ2) is 5.19. The lowest BCUT2D eigenvalue weighted by Crippen LogP contribution is -2.28. The van der Waals surface area contributed by atoms with E-state index in [2.05, 4.69) is 0 Å². The molecule has 1 atom stereocenters. The fraction of sp³-hybridized carbons (Fsp3) is 0.462. The number of aryl methyl sites for hydroxylation is 1. The highest BCUT2D eigenvalue weighted by Crippen LogP contribution is 2.17. The minimum Gasteiger partial charge on any atom is -0.456 e. The van der Waals surface area contributed by atoms with Crippen LogP contribution < -0.4 is 5.73 Å². The van der Waals surface area contributed by atoms with Gasteiger partial charge in [0.2, 0.25) is 0 Å². The Morgan fingerprint density at radius 3 is 3.00 bits per heavy atom. The monoisotopic (exact) mass is 235 g/mol. The number of anilines is 1. The molecule has 0 amide bonds. The third kappa shape index (κ3) is 2.97. The topological polar surface area (TPSA) is 61.6 Å². The molecule has 1 fully saturated rings. The Balaban J connectivity index is 2.03. The maximum Gasteiger partial charge on any atom is 0.338 e. The van der Waals surface area contributed by atoms with Gasteiger partial charge in [0.05, 0.1) is 12.2 Å². The van der Waals surface area contributed by atoms with Gasteiger partial charge >= 0.3 is 5.97 Å². The summed E-state index contributed by atoms with van der Waals surface area (Å²) in [6.07, 6.45) is 1.70. The Morgan fingerprint density at radius 2 is 2.35 bits per heavy atom. The van der Waals surface area contributed by atoms with Crippen LogP contribution in [0.15, 0.2) is 18.2 Å². The van der Waals surface area contributed by atoms with E-state index in [4.69, 9.17) is 15.2 Å². The van der Waals surface area contributed by atoms with Gasteiger partial charge in [0.25, 0.3) is 0 Å². The maximum atomic E-state index is 11.9. The number of esters is 1. The molecule has 1 saturated heterocycles. The number of nitrogens with two attached hydrogens (primary N) is 1. The fourth-order valence-electron chi connectivity index (χ4n) is 1.93. The number of benzene rings is 1. The summed E-state index contributed by atoms with van der Waals surface area (Å²) in [4.78, 5) is 11.9. The molecule has 0 aliphatic carbocycles. The van der Waals surface area contributed by atoms with Gasteiger partial charge in [-0.3, -0.25) is 0 Å². The summed E-state index contributed by atoms with van der Waals surface area (Å²) >= 11 is 0. The van der Waals surface area contributed by atoms with Crippen LogP contribution in [0.3, 0.4) is 0 Å². The predicted molar refractivity (Wildman–Crippen MR) is 64.8 cm³/mol. The summed E-state index contributed by atoms with van der Waals surface area (Å²) in [6, 6.07) is 5.19. The molecule has 17 heavy (non-hydrogen) atoms. The Kier molecular flexibility index (Phi) is 3.64. The van der Waals surface area contributed by atoms with E-state index in [1.54, 1.807) is 18.2 Å². The van der Waals surface area contributed by atoms with Crippen molar-refractivity contribution >= 4 is 11.7 Å². The lowest BCUT2D eigenvalue weighted by molar-refractivity contribution is -0.0306. The first-order chi connectivity index (χ1) is 8.16. The average molecular weight is 235 g/mol. The SMILES string of the molecule is Cc1cc(N)ccc1C(=O)OC1CCCOC1. The van der Waals surface area contributed by atoms with E-state index in [-0.39, 0.29) is 12.1 Å². The van der Waals surface area contributed by atoms with E-state index in [9.17, 15) is 4.79 Å². The Labute approximate surface area is 101 Å². The first-order valence-corrected chi connectivity index (χ1v) is 5.81. The molecule has 1 unspecified atom stereocenters. The zero-order valence-electron chi connectivity index (χ0n) is 9.94. The largest absolute Gasteiger partial charge is 0.456 e. The number of ether oxygens (including phenoxy) is 2. The second-order valence-corrected chi connectivity index (χ2v) is 4.32. The van der Waals surface area contributed by atoms with Crippen molar-refractivity contribution in [3.8, 4) is 0 Å². The molecule has 4 heteroatoms. The van der Waals surface area contributed by atoms with E-state index in [0.29, 0.717) is 17.9 Å². The lowest BCUT2D eigenvalue weighted by Gasteiger charge is -2.22. The minimum atomic E-state index is -0.294. The summed E-state index contributed by atoms with van der Waals surface area (Å²) in [5.74, 6) is -0.294. The van der Waals surface area contributed by atoms with Crippen LogP contribution in [0, 0.1) is 6.92 Å². The summed E-state index contributed by atoms with van der Waals surface area (Å²) in [7, 11) is 0. The number of hydrogen-bond acceptors (Lipinski definition) is 4. The van der Waals surface area contributed by atoms with Gasteiger partial charge < -0.3 is 15.2 Å². The molecule has 0 spiro atoms. The van der Waals surface area contributed by atoms with Crippen molar-refractivity contribution in [2.75, 3.05) is 18.9 Å². The number of carbonyl (C=O) groups is 1. The zero-order chi connectivity index (χ0) is 12.3. The minimum absolute atomic E-state index is 0.117. The molecule has 1 aliphatic heterocycles. The molecule has 1 aromatic carbocycles. The summed E-state index contributed by atoms with van der Waals surface area (Å²) in [5.41, 5.74) is 7.71. The molecule has 1 aliphatic rings. The standard InChI is InChI=1S/C13H17NO3/c1-9-7-10(14)4-5-12(9)13(15)17-11-3-2-6-16-8-11/h4-5,7,11H,2-3,6,8,14H2,1H3. The number of rotatable bonds is 2. The number of nitrogen functional groups attached to an aromatic ring is 1. The van der Waals surface area contributed by atoms with E-state index in [1.807, 2.05) is 6.92 Å². The van der Waals surface area contributed by atoms with Crippen LogP contribution >= 0.6 is 0 Å². The van der Waals surface area contributed by atoms with Gasteiger partial charge in [-0.05, 0) is 43.5 Å². The fourth-order valence-corrected chi connectivity index (χ4v) is 1.93. The Morgan fingerprint density at radius 1 is 1.53 bits per heavy atom. The van der Waals surface area contributed by atoms with E-state index >= 15 is 0 Å². The first-order valence-electron chi connectivity index (χ1n) is 5.81. The van der Waals surface area contributed by atoms with Crippen molar-refractivity contribution < 1.29 is 14.3 Å². The zero-order valence-corrected chi connectivity index (χ0v) is 9.94. The summed E-state index contributed by atoms with van der Waals surface area (Å²) < 4.78 is 10.7. The van der Waals surface area contributed by atoms with Gasteiger partial charge in [-0.2, -0.15) is 0 Å². The van der Waals surface area contributed by atoms with Crippen molar-refractivity contribution in [2.45, 2.75) is 25.9 Å². The quantitative estimate of drug-likeness (QED) is 0.628. The first kappa shape index (κ1) is 11.9. The molecule has 92 valence electrons. The average Bonchev–Trinajstić information content (AvgIpc) is 2.30. The van der Waals surface area contributed by atoms with Crippen LogP contribution in [-0.2, 0) is 9.47 Å². The van der Waals surface area contributed by atoms with Crippen LogP contribution in [0.5, 0.6) is 0 Å². The molecule has 0 aromatic heterocycles. The smallest absolute Gasteiger partial charge is 0.338 e. The van der Waals surface area contributed by atoms with Crippen LogP contribution in [0.25, 0.3) is 0 Å². The van der Waals surface area contributed by atoms with Gasteiger partial charge in [-0.1, -0.05) is 0 Å². The molecule has 4 nitrogen and oxygen atoms in total. The van der Waals surface area contributed by atoms with Gasteiger partial charge in [0.1, 0.15) is 6.10 Å². The highest BCUT2D eigenvalue weighted by Gasteiger charge is 2.20. The molecular formula is C13H17NO3. The third-order valence-corrected chi connectivity index (χ3v) is 2.86. The van der Waals surface area contributed by atoms with E-state index in [0.717, 1.165) is 25.0 Å². The molecule has 2 N–H and O–H groups in total. The third-order valence-electron chi connectivity index (χ3n) is 2.86. The van der Waals surface area contributed by atoms with Gasteiger partial charge in [-0.25, -0.2) is 4.79 Å². The summed E-state index contributed by atoms with van der Waals surface area (Å²) in [5, 5.41) is 0. The van der Waals surface area contributed by atoms with Crippen molar-refractivity contribution in [1.82, 2.24) is 0 Å². The van der Waals surface area contributed by atoms with Crippen molar-refractivity contribution in [1.29, 1.82) is 0 Å². The lowest BCUT2D eigenvalue weighted by atomic mass is 10.1. The molecule has 0 bridgehead atoms. The van der Waals surface area contributed by atoms with E-state index < -0.39 is 0 Å². The number of hydrogen-bond donors (Lipinski definition) is 1. The molecule has 0 radical (unpaired) electrons. The van der Waals surface area contributed by atoms with Crippen molar-refractivity contribution in [3.63, 3.8) is 0 Å². The van der Waals surface area contributed by atoms with Gasteiger partial charge in [-0.15, -0.1) is 0 Å². The van der Waals surface area contributed by atoms with Gasteiger partial charge in [0.15, 0.2) is 0 Å². The molecule has 1 aromatic rings. The van der Waals surface area contributed by atoms with Crippen molar-refractivity contribution in [2.24, 2.45) is 0 Å². The molecule has 2 rings (SSSR count).